The summed E-state index contributed by atoms with van der Waals surface area (Å²) >= 11 is 0. The molecule has 3 N–H and O–H groups in total. The molecule has 5 heteroatoms. The van der Waals surface area contributed by atoms with Crippen LogP contribution in [0.25, 0.3) is 11.1 Å². The summed E-state index contributed by atoms with van der Waals surface area (Å²) in [6.45, 7) is 0.702. The number of rotatable bonds is 4. The maximum Gasteiger partial charge on any atom is 0.323 e. The molecule has 24 heavy (non-hydrogen) atoms. The van der Waals surface area contributed by atoms with Gasteiger partial charge in [0.2, 0.25) is 0 Å². The highest BCUT2D eigenvalue weighted by Gasteiger charge is 2.39. The molecule has 2 aliphatic rings. The number of benzene rings is 2. The predicted molar refractivity (Wildman–Crippen MR) is 88.7 cm³/mol. The third kappa shape index (κ3) is 2.60. The summed E-state index contributed by atoms with van der Waals surface area (Å²) < 4.78 is 5.74. The smallest absolute Gasteiger partial charge is 0.323 e. The van der Waals surface area contributed by atoms with E-state index in [0.717, 1.165) is 12.0 Å². The Hall–Kier alpha value is -2.21. The molecule has 0 aromatic heterocycles. The molecule has 0 saturated carbocycles. The van der Waals surface area contributed by atoms with Crippen LogP contribution in [-0.2, 0) is 22.6 Å². The largest absolute Gasteiger partial charge is 0.480 e. The zero-order valence-electron chi connectivity index (χ0n) is 13.1. The van der Waals surface area contributed by atoms with Gasteiger partial charge in [0.15, 0.2) is 0 Å². The van der Waals surface area contributed by atoms with Gasteiger partial charge in [-0.2, -0.15) is 0 Å². The predicted octanol–water partition coefficient (Wildman–Crippen LogP) is 1.56. The Morgan fingerprint density at radius 1 is 1.17 bits per heavy atom. The monoisotopic (exact) mass is 325 g/mol. The molecular weight excluding hydrogens is 306 g/mol. The van der Waals surface area contributed by atoms with Crippen LogP contribution >= 0.6 is 0 Å². The van der Waals surface area contributed by atoms with E-state index in [4.69, 9.17) is 9.84 Å². The Labute approximate surface area is 139 Å². The van der Waals surface area contributed by atoms with Crippen LogP contribution in [0, 0.1) is 0 Å². The molecule has 1 fully saturated rings. The fourth-order valence-corrected chi connectivity index (χ4v) is 3.58. The van der Waals surface area contributed by atoms with E-state index in [9.17, 15) is 9.90 Å². The first kappa shape index (κ1) is 15.3. The number of aliphatic carboxylic acids is 1. The molecule has 2 aromatic rings. The second-order valence-electron chi connectivity index (χ2n) is 6.39. The van der Waals surface area contributed by atoms with Gasteiger partial charge in [-0.05, 0) is 34.2 Å². The molecule has 3 atom stereocenters. The quantitative estimate of drug-likeness (QED) is 0.678. The number of carboxylic acid groups (broad SMARTS) is 1. The first-order chi connectivity index (χ1) is 11.6. The number of hydrogen-bond donors (Lipinski definition) is 3. The summed E-state index contributed by atoms with van der Waals surface area (Å²) in [4.78, 5) is 11.0. The summed E-state index contributed by atoms with van der Waals surface area (Å²) in [6.07, 6.45) is -0.605. The zero-order valence-corrected chi connectivity index (χ0v) is 13.1. The Morgan fingerprint density at radius 2 is 1.96 bits per heavy atom. The standard InChI is InChI=1S/C19H19NO4/c21-18-16(9-20-17(18)19(22)23)24-10-11-5-6-15-13(7-11)8-12-3-1-2-4-14(12)15/h1-7,16-18,20-21H,8-10H2,(H,22,23)/t16-,17+,18+/m1/s1. The van der Waals surface area contributed by atoms with Gasteiger partial charge in [-0.15, -0.1) is 0 Å². The van der Waals surface area contributed by atoms with E-state index < -0.39 is 24.2 Å². The van der Waals surface area contributed by atoms with Gasteiger partial charge < -0.3 is 14.9 Å². The minimum atomic E-state index is -1.05. The second-order valence-corrected chi connectivity index (χ2v) is 6.39. The van der Waals surface area contributed by atoms with Crippen molar-refractivity contribution in [2.24, 2.45) is 0 Å². The van der Waals surface area contributed by atoms with Gasteiger partial charge in [-0.1, -0.05) is 42.5 Å². The Morgan fingerprint density at radius 3 is 2.75 bits per heavy atom. The van der Waals surface area contributed by atoms with Crippen LogP contribution in [0.4, 0.5) is 0 Å². The van der Waals surface area contributed by atoms with E-state index in [-0.39, 0.29) is 0 Å². The molecule has 0 radical (unpaired) electrons. The number of carboxylic acids is 1. The van der Waals surface area contributed by atoms with Crippen molar-refractivity contribution in [2.45, 2.75) is 31.3 Å². The molecule has 1 aliphatic heterocycles. The fraction of sp³-hybridized carbons (Fsp3) is 0.316. The number of aliphatic hydroxyl groups is 1. The van der Waals surface area contributed by atoms with Crippen molar-refractivity contribution < 1.29 is 19.7 Å². The van der Waals surface area contributed by atoms with E-state index in [1.54, 1.807) is 0 Å². The van der Waals surface area contributed by atoms with Crippen LogP contribution in [0.3, 0.4) is 0 Å². The number of fused-ring (bicyclic) bond motifs is 3. The molecule has 1 aliphatic carbocycles. The van der Waals surface area contributed by atoms with Gasteiger partial charge in [-0.3, -0.25) is 10.1 Å². The second kappa shape index (κ2) is 6.02. The van der Waals surface area contributed by atoms with Crippen molar-refractivity contribution in [2.75, 3.05) is 6.54 Å². The Kier molecular flexibility index (Phi) is 3.84. The number of nitrogens with one attached hydrogen (secondary N) is 1. The molecule has 1 heterocycles. The van der Waals surface area contributed by atoms with Crippen molar-refractivity contribution in [3.63, 3.8) is 0 Å². The van der Waals surface area contributed by atoms with E-state index in [1.807, 2.05) is 6.07 Å². The minimum Gasteiger partial charge on any atom is -0.480 e. The highest BCUT2D eigenvalue weighted by atomic mass is 16.5. The summed E-state index contributed by atoms with van der Waals surface area (Å²) in [6, 6.07) is 13.7. The summed E-state index contributed by atoms with van der Waals surface area (Å²) in [7, 11) is 0. The average Bonchev–Trinajstić information content (AvgIpc) is 3.12. The summed E-state index contributed by atoms with van der Waals surface area (Å²) in [5.41, 5.74) is 6.21. The topological polar surface area (TPSA) is 78.8 Å². The molecule has 124 valence electrons. The first-order valence-electron chi connectivity index (χ1n) is 8.09. The highest BCUT2D eigenvalue weighted by molar-refractivity contribution is 5.77. The molecule has 5 nitrogen and oxygen atoms in total. The maximum atomic E-state index is 11.0. The normalized spacial score (nSPS) is 24.6. The molecule has 0 spiro atoms. The van der Waals surface area contributed by atoms with Crippen LogP contribution in [0.1, 0.15) is 16.7 Å². The van der Waals surface area contributed by atoms with E-state index in [2.05, 4.69) is 41.7 Å². The van der Waals surface area contributed by atoms with E-state index in [1.165, 1.54) is 22.3 Å². The number of carbonyl (C=O) groups is 1. The minimum absolute atomic E-state index is 0.342. The van der Waals surface area contributed by atoms with Crippen LogP contribution in [-0.4, -0.2) is 41.0 Å². The SMILES string of the molecule is O=C(O)[C@H]1NC[C@@H](OCc2ccc3c(c2)Cc2ccccc2-3)[C@@H]1O. The van der Waals surface area contributed by atoms with Crippen LogP contribution < -0.4 is 5.32 Å². The van der Waals surface area contributed by atoms with Gasteiger partial charge in [0.05, 0.1) is 12.7 Å². The van der Waals surface area contributed by atoms with Gasteiger partial charge in [0, 0.05) is 6.54 Å². The molecular formula is C19H19NO4. The molecule has 0 amide bonds. The van der Waals surface area contributed by atoms with Crippen LogP contribution in [0.5, 0.6) is 0 Å². The van der Waals surface area contributed by atoms with Crippen molar-refractivity contribution in [3.8, 4) is 11.1 Å². The lowest BCUT2D eigenvalue weighted by atomic mass is 10.0. The van der Waals surface area contributed by atoms with Gasteiger partial charge in [0.25, 0.3) is 0 Å². The molecule has 0 bridgehead atoms. The van der Waals surface area contributed by atoms with Crippen molar-refractivity contribution in [1.82, 2.24) is 5.32 Å². The molecule has 2 aromatic carbocycles. The molecule has 4 rings (SSSR count). The van der Waals surface area contributed by atoms with E-state index >= 15 is 0 Å². The third-order valence-corrected chi connectivity index (χ3v) is 4.85. The maximum absolute atomic E-state index is 11.0. The molecule has 1 saturated heterocycles. The lowest BCUT2D eigenvalue weighted by Gasteiger charge is -2.17. The Balaban J connectivity index is 1.44. The lowest BCUT2D eigenvalue weighted by molar-refractivity contribution is -0.142. The number of ether oxygens (including phenoxy) is 1. The Bertz CT molecular complexity index is 789. The number of hydrogen-bond acceptors (Lipinski definition) is 4. The van der Waals surface area contributed by atoms with Crippen molar-refractivity contribution in [3.05, 3.63) is 59.2 Å². The van der Waals surface area contributed by atoms with Crippen LogP contribution in [0.2, 0.25) is 0 Å². The van der Waals surface area contributed by atoms with Gasteiger partial charge in [0.1, 0.15) is 12.1 Å². The summed E-state index contributed by atoms with van der Waals surface area (Å²) in [5.74, 6) is -1.05. The van der Waals surface area contributed by atoms with Gasteiger partial charge >= 0.3 is 5.97 Å². The lowest BCUT2D eigenvalue weighted by Crippen LogP contribution is -2.40. The van der Waals surface area contributed by atoms with Crippen LogP contribution in [0.15, 0.2) is 42.5 Å². The number of aliphatic hydroxyl groups excluding tert-OH is 1. The van der Waals surface area contributed by atoms with E-state index in [0.29, 0.717) is 13.2 Å². The first-order valence-corrected chi connectivity index (χ1v) is 8.09. The highest BCUT2D eigenvalue weighted by Crippen LogP contribution is 2.36. The van der Waals surface area contributed by atoms with Gasteiger partial charge in [-0.25, -0.2) is 0 Å². The fourth-order valence-electron chi connectivity index (χ4n) is 3.58. The summed E-state index contributed by atoms with van der Waals surface area (Å²) in [5, 5.41) is 21.8. The third-order valence-electron chi connectivity index (χ3n) is 4.85. The zero-order chi connectivity index (χ0) is 16.7. The van der Waals surface area contributed by atoms with Crippen molar-refractivity contribution >= 4 is 5.97 Å². The van der Waals surface area contributed by atoms with Crippen molar-refractivity contribution in [1.29, 1.82) is 0 Å². The molecule has 0 unspecified atom stereocenters. The average molecular weight is 325 g/mol.